The van der Waals surface area contributed by atoms with Crippen LogP contribution in [-0.2, 0) is 6.42 Å². The SMILES string of the molecule is CCc1c[nH]c2ccc(-c3nnc(SC)s3)cc12. The third kappa shape index (κ3) is 1.93. The van der Waals surface area contributed by atoms with E-state index < -0.39 is 0 Å². The monoisotopic (exact) mass is 275 g/mol. The molecule has 0 unspecified atom stereocenters. The highest BCUT2D eigenvalue weighted by Crippen LogP contribution is 2.31. The van der Waals surface area contributed by atoms with Gasteiger partial charge in [0.25, 0.3) is 0 Å². The summed E-state index contributed by atoms with van der Waals surface area (Å²) < 4.78 is 1.01. The molecule has 3 aromatic rings. The molecule has 1 aromatic carbocycles. The van der Waals surface area contributed by atoms with E-state index in [1.165, 1.54) is 16.5 Å². The van der Waals surface area contributed by atoms with E-state index in [0.717, 1.165) is 21.3 Å². The Morgan fingerprint density at radius 1 is 1.33 bits per heavy atom. The molecule has 0 bridgehead atoms. The number of aryl methyl sites for hydroxylation is 1. The Labute approximate surface area is 114 Å². The second kappa shape index (κ2) is 4.74. The Balaban J connectivity index is 2.11. The number of nitrogens with one attached hydrogen (secondary N) is 1. The van der Waals surface area contributed by atoms with E-state index in [-0.39, 0.29) is 0 Å². The van der Waals surface area contributed by atoms with Crippen molar-refractivity contribution < 1.29 is 0 Å². The topological polar surface area (TPSA) is 41.6 Å². The molecule has 0 aliphatic carbocycles. The molecule has 0 saturated carbocycles. The third-order valence-corrected chi connectivity index (χ3v) is 4.92. The highest BCUT2D eigenvalue weighted by molar-refractivity contribution is 8.00. The smallest absolute Gasteiger partial charge is 0.174 e. The number of hydrogen-bond donors (Lipinski definition) is 1. The minimum absolute atomic E-state index is 0.990. The summed E-state index contributed by atoms with van der Waals surface area (Å²) in [6.45, 7) is 2.17. The predicted molar refractivity (Wildman–Crippen MR) is 78.4 cm³/mol. The summed E-state index contributed by atoms with van der Waals surface area (Å²) in [6.07, 6.45) is 5.15. The molecule has 5 heteroatoms. The molecular formula is C13H13N3S2. The highest BCUT2D eigenvalue weighted by Gasteiger charge is 2.08. The molecule has 0 atom stereocenters. The number of thioether (sulfide) groups is 1. The van der Waals surface area contributed by atoms with Crippen molar-refractivity contribution in [3.05, 3.63) is 30.0 Å². The molecule has 0 fully saturated rings. The van der Waals surface area contributed by atoms with E-state index >= 15 is 0 Å². The van der Waals surface area contributed by atoms with Gasteiger partial charge in [0.15, 0.2) is 4.34 Å². The van der Waals surface area contributed by atoms with Gasteiger partial charge in [0.1, 0.15) is 5.01 Å². The van der Waals surface area contributed by atoms with Crippen LogP contribution >= 0.6 is 23.1 Å². The molecule has 2 heterocycles. The summed E-state index contributed by atoms with van der Waals surface area (Å²) in [7, 11) is 0. The van der Waals surface area contributed by atoms with Gasteiger partial charge in [-0.15, -0.1) is 10.2 Å². The molecule has 0 amide bonds. The molecular weight excluding hydrogens is 262 g/mol. The first kappa shape index (κ1) is 11.7. The fraction of sp³-hybridized carbons (Fsp3) is 0.231. The van der Waals surface area contributed by atoms with Crippen molar-refractivity contribution in [2.24, 2.45) is 0 Å². The summed E-state index contributed by atoms with van der Waals surface area (Å²) in [5.41, 5.74) is 3.68. The lowest BCUT2D eigenvalue weighted by atomic mass is 10.1. The van der Waals surface area contributed by atoms with Gasteiger partial charge in [-0.3, -0.25) is 0 Å². The van der Waals surface area contributed by atoms with Crippen LogP contribution in [0.15, 0.2) is 28.7 Å². The number of benzene rings is 1. The molecule has 3 rings (SSSR count). The van der Waals surface area contributed by atoms with Gasteiger partial charge in [0, 0.05) is 22.7 Å². The molecule has 0 spiro atoms. The predicted octanol–water partition coefficient (Wildman–Crippen LogP) is 3.97. The molecule has 0 aliphatic rings. The van der Waals surface area contributed by atoms with Crippen LogP contribution in [0.1, 0.15) is 12.5 Å². The second-order valence-electron chi connectivity index (χ2n) is 4.01. The van der Waals surface area contributed by atoms with E-state index in [0.29, 0.717) is 0 Å². The maximum atomic E-state index is 4.24. The number of H-pyrrole nitrogens is 1. The Hall–Kier alpha value is -1.33. The molecule has 0 saturated heterocycles. The van der Waals surface area contributed by atoms with Crippen molar-refractivity contribution in [2.75, 3.05) is 6.26 Å². The van der Waals surface area contributed by atoms with Crippen molar-refractivity contribution in [2.45, 2.75) is 17.7 Å². The standard InChI is InChI=1S/C13H13N3S2/c1-3-8-7-14-11-5-4-9(6-10(8)11)12-15-16-13(17-2)18-12/h4-7,14H,3H2,1-2H3. The number of rotatable bonds is 3. The fourth-order valence-electron chi connectivity index (χ4n) is 2.01. The number of aromatic amines is 1. The highest BCUT2D eigenvalue weighted by atomic mass is 32.2. The summed E-state index contributed by atoms with van der Waals surface area (Å²) >= 11 is 3.28. The largest absolute Gasteiger partial charge is 0.361 e. The molecule has 0 radical (unpaired) electrons. The first-order valence-corrected chi connectivity index (χ1v) is 7.84. The normalized spacial score (nSPS) is 11.2. The number of nitrogens with zero attached hydrogens (tertiary/aromatic N) is 2. The quantitative estimate of drug-likeness (QED) is 0.735. The molecule has 92 valence electrons. The molecule has 3 nitrogen and oxygen atoms in total. The number of aromatic nitrogens is 3. The number of hydrogen-bond acceptors (Lipinski definition) is 4. The maximum absolute atomic E-state index is 4.24. The van der Waals surface area contributed by atoms with Gasteiger partial charge in [-0.05, 0) is 36.4 Å². The van der Waals surface area contributed by atoms with Crippen molar-refractivity contribution in [1.82, 2.24) is 15.2 Å². The van der Waals surface area contributed by atoms with Gasteiger partial charge in [-0.1, -0.05) is 30.0 Å². The van der Waals surface area contributed by atoms with Crippen LogP contribution in [-0.4, -0.2) is 21.4 Å². The lowest BCUT2D eigenvalue weighted by Gasteiger charge is -1.98. The van der Waals surface area contributed by atoms with E-state index in [2.05, 4.69) is 46.5 Å². The van der Waals surface area contributed by atoms with Crippen molar-refractivity contribution in [3.8, 4) is 10.6 Å². The zero-order valence-corrected chi connectivity index (χ0v) is 11.9. The van der Waals surface area contributed by atoms with E-state index in [1.54, 1.807) is 23.1 Å². The Morgan fingerprint density at radius 3 is 2.94 bits per heavy atom. The van der Waals surface area contributed by atoms with Crippen LogP contribution in [0.4, 0.5) is 0 Å². The molecule has 18 heavy (non-hydrogen) atoms. The van der Waals surface area contributed by atoms with Gasteiger partial charge in [-0.25, -0.2) is 0 Å². The Bertz CT molecular complexity index is 684. The van der Waals surface area contributed by atoms with Crippen LogP contribution in [0.5, 0.6) is 0 Å². The summed E-state index contributed by atoms with van der Waals surface area (Å²) in [4.78, 5) is 3.30. The first-order chi connectivity index (χ1) is 8.81. The third-order valence-electron chi connectivity index (χ3n) is 2.98. The first-order valence-electron chi connectivity index (χ1n) is 5.79. The molecule has 2 aromatic heterocycles. The Kier molecular flexibility index (Phi) is 3.09. The van der Waals surface area contributed by atoms with E-state index in [4.69, 9.17) is 0 Å². The molecule has 0 aliphatic heterocycles. The van der Waals surface area contributed by atoms with Gasteiger partial charge in [-0.2, -0.15) is 0 Å². The van der Waals surface area contributed by atoms with Crippen LogP contribution in [0.25, 0.3) is 21.5 Å². The Morgan fingerprint density at radius 2 is 2.22 bits per heavy atom. The minimum atomic E-state index is 0.990. The average Bonchev–Trinajstić information content (AvgIpc) is 3.04. The van der Waals surface area contributed by atoms with Gasteiger partial charge < -0.3 is 4.98 Å². The van der Waals surface area contributed by atoms with Crippen molar-refractivity contribution in [1.29, 1.82) is 0 Å². The second-order valence-corrected chi connectivity index (χ2v) is 6.04. The van der Waals surface area contributed by atoms with Crippen LogP contribution in [0.3, 0.4) is 0 Å². The summed E-state index contributed by atoms with van der Waals surface area (Å²) in [5, 5.41) is 10.7. The van der Waals surface area contributed by atoms with Gasteiger partial charge in [0.2, 0.25) is 0 Å². The maximum Gasteiger partial charge on any atom is 0.174 e. The summed E-state index contributed by atoms with van der Waals surface area (Å²) in [5.74, 6) is 0. The fourth-order valence-corrected chi connectivity index (χ4v) is 3.28. The summed E-state index contributed by atoms with van der Waals surface area (Å²) in [6, 6.07) is 6.42. The minimum Gasteiger partial charge on any atom is -0.361 e. The number of fused-ring (bicyclic) bond motifs is 1. The van der Waals surface area contributed by atoms with Crippen LogP contribution in [0.2, 0.25) is 0 Å². The van der Waals surface area contributed by atoms with Crippen LogP contribution in [0, 0.1) is 0 Å². The zero-order chi connectivity index (χ0) is 12.5. The van der Waals surface area contributed by atoms with E-state index in [9.17, 15) is 0 Å². The average molecular weight is 275 g/mol. The van der Waals surface area contributed by atoms with Crippen molar-refractivity contribution in [3.63, 3.8) is 0 Å². The lowest BCUT2D eigenvalue weighted by molar-refractivity contribution is 1.02. The molecule has 1 N–H and O–H groups in total. The zero-order valence-electron chi connectivity index (χ0n) is 10.2. The van der Waals surface area contributed by atoms with Crippen molar-refractivity contribution >= 4 is 34.0 Å². The van der Waals surface area contributed by atoms with Gasteiger partial charge in [0.05, 0.1) is 0 Å². The van der Waals surface area contributed by atoms with E-state index in [1.807, 2.05) is 6.26 Å². The lowest BCUT2D eigenvalue weighted by Crippen LogP contribution is -1.79. The van der Waals surface area contributed by atoms with Gasteiger partial charge >= 0.3 is 0 Å². The van der Waals surface area contributed by atoms with Crippen LogP contribution < -0.4 is 0 Å².